The molecule has 2 heterocycles. The second-order valence-electron chi connectivity index (χ2n) is 10.5. The van der Waals surface area contributed by atoms with Crippen LogP contribution in [0.2, 0.25) is 0 Å². The van der Waals surface area contributed by atoms with Gasteiger partial charge in [-0.25, -0.2) is 4.98 Å². The van der Waals surface area contributed by atoms with Gasteiger partial charge in [-0.15, -0.1) is 12.4 Å². The Kier molecular flexibility index (Phi) is 8.58. The lowest BCUT2D eigenvalue weighted by Gasteiger charge is -2.27. The molecule has 0 saturated carbocycles. The molecule has 0 saturated heterocycles. The number of aromatic nitrogens is 2. The first-order valence-corrected chi connectivity index (χ1v) is 11.3. The van der Waals surface area contributed by atoms with Crippen molar-refractivity contribution < 1.29 is 19.7 Å². The summed E-state index contributed by atoms with van der Waals surface area (Å²) in [5, 5.41) is 13.1. The van der Waals surface area contributed by atoms with Crippen LogP contribution >= 0.6 is 12.4 Å². The molecule has 3 N–H and O–H groups in total. The zero-order chi connectivity index (χ0) is 23.8. The minimum absolute atomic E-state index is 0. The summed E-state index contributed by atoms with van der Waals surface area (Å²) in [7, 11) is 0. The summed E-state index contributed by atoms with van der Waals surface area (Å²) in [5.74, 6) is 1.73. The number of halogens is 1. The van der Waals surface area contributed by atoms with E-state index in [1.807, 2.05) is 42.6 Å². The van der Waals surface area contributed by atoms with Crippen LogP contribution in [0.4, 0.5) is 0 Å². The lowest BCUT2D eigenvalue weighted by atomic mass is 9.78. The van der Waals surface area contributed by atoms with E-state index in [1.54, 1.807) is 12.5 Å². The van der Waals surface area contributed by atoms with Crippen LogP contribution in [-0.4, -0.2) is 27.2 Å². The fraction of sp³-hybridized carbons (Fsp3) is 0.357. The Balaban J connectivity index is 0.00000216. The van der Waals surface area contributed by atoms with E-state index in [-0.39, 0.29) is 28.7 Å². The average Bonchev–Trinajstić information content (AvgIpc) is 3.21. The van der Waals surface area contributed by atoms with Crippen molar-refractivity contribution in [3.8, 4) is 23.0 Å². The number of phenolic OH excluding ortho intramolecular Hbond substituents is 1. The molecule has 0 aliphatic heterocycles. The van der Waals surface area contributed by atoms with Gasteiger partial charge in [-0.3, -0.25) is 4.98 Å². The minimum atomic E-state index is -0.209. The molecular weight excluding hydrogens is 464 g/mol. The van der Waals surface area contributed by atoms with Gasteiger partial charge in [0, 0.05) is 40.9 Å². The highest BCUT2D eigenvalue weighted by Crippen LogP contribution is 2.41. The van der Waals surface area contributed by atoms with E-state index < -0.39 is 0 Å². The first-order valence-electron chi connectivity index (χ1n) is 11.3. The zero-order valence-electron chi connectivity index (χ0n) is 21.2. The maximum absolute atomic E-state index is 11.0. The number of hydrogen-bond donors (Lipinski definition) is 1. The zero-order valence-corrected chi connectivity index (χ0v) is 22.0. The van der Waals surface area contributed by atoms with Crippen molar-refractivity contribution in [2.75, 3.05) is 6.61 Å². The van der Waals surface area contributed by atoms with Crippen molar-refractivity contribution in [3.05, 3.63) is 71.9 Å². The van der Waals surface area contributed by atoms with Crippen LogP contribution in [0.25, 0.3) is 22.2 Å². The first kappa shape index (κ1) is 28.1. The molecule has 0 atom stereocenters. The van der Waals surface area contributed by atoms with Crippen LogP contribution < -0.4 is 4.74 Å². The van der Waals surface area contributed by atoms with Crippen LogP contribution in [0.3, 0.4) is 0 Å². The molecular formula is C28H35ClN2O4. The largest absolute Gasteiger partial charge is 0.507 e. The molecule has 4 rings (SSSR count). The van der Waals surface area contributed by atoms with Crippen LogP contribution in [0, 0.1) is 0 Å². The van der Waals surface area contributed by atoms with Crippen molar-refractivity contribution in [2.45, 2.75) is 58.8 Å². The minimum Gasteiger partial charge on any atom is -0.507 e. The highest BCUT2D eigenvalue weighted by molar-refractivity contribution is 5.85. The third-order valence-electron chi connectivity index (χ3n) is 5.76. The highest BCUT2D eigenvalue weighted by atomic mass is 35.5. The third kappa shape index (κ3) is 6.32. The Bertz CT molecular complexity index is 1250. The average molecular weight is 499 g/mol. The van der Waals surface area contributed by atoms with Crippen molar-refractivity contribution in [1.82, 2.24) is 9.97 Å². The van der Waals surface area contributed by atoms with E-state index in [9.17, 15) is 5.11 Å². The summed E-state index contributed by atoms with van der Waals surface area (Å²) in [6, 6.07) is 11.9. The lowest BCUT2D eigenvalue weighted by molar-refractivity contribution is 0.321. The number of phenols is 1. The van der Waals surface area contributed by atoms with E-state index in [0.717, 1.165) is 38.9 Å². The number of hydrogen-bond acceptors (Lipinski definition) is 5. The molecule has 0 aliphatic rings. The van der Waals surface area contributed by atoms with Gasteiger partial charge in [-0.2, -0.15) is 0 Å². The Morgan fingerprint density at radius 2 is 1.57 bits per heavy atom. The molecule has 0 aliphatic carbocycles. The maximum Gasteiger partial charge on any atom is 0.226 e. The SMILES string of the molecule is CC(C)(C)c1cc(-c2nc(CCOc3ccc4cnccc4c3)co2)cc(C(C)(C)C)c1O.Cl.O. The Hall–Kier alpha value is -3.09. The molecule has 2 aromatic heterocycles. The van der Waals surface area contributed by atoms with Gasteiger partial charge in [-0.05, 0) is 52.6 Å². The van der Waals surface area contributed by atoms with Gasteiger partial charge >= 0.3 is 0 Å². The number of ether oxygens (including phenoxy) is 1. The van der Waals surface area contributed by atoms with Gasteiger partial charge in [-0.1, -0.05) is 41.5 Å². The molecule has 188 valence electrons. The molecule has 4 aromatic rings. The number of benzene rings is 2. The van der Waals surface area contributed by atoms with Gasteiger partial charge in [0.05, 0.1) is 12.3 Å². The molecule has 0 bridgehead atoms. The normalized spacial score (nSPS) is 11.6. The van der Waals surface area contributed by atoms with Crippen LogP contribution in [0.1, 0.15) is 58.4 Å². The van der Waals surface area contributed by atoms with Crippen molar-refractivity contribution >= 4 is 23.2 Å². The summed E-state index contributed by atoms with van der Waals surface area (Å²) >= 11 is 0. The van der Waals surface area contributed by atoms with E-state index >= 15 is 0 Å². The molecule has 2 aromatic carbocycles. The standard InChI is InChI=1S/C28H32N2O3.ClH.H2O/c1-27(2,3)23-14-20(15-24(25(23)31)28(4,5)6)26-30-21(17-33-26)10-12-32-22-8-7-19-16-29-11-9-18(19)13-22;;/h7-9,11,13-17,31H,10,12H2,1-6H3;1H;1H2. The maximum atomic E-state index is 11.0. The number of rotatable bonds is 5. The monoisotopic (exact) mass is 498 g/mol. The summed E-state index contributed by atoms with van der Waals surface area (Å²) in [6.45, 7) is 13.1. The summed E-state index contributed by atoms with van der Waals surface area (Å²) in [6.07, 6.45) is 5.94. The van der Waals surface area contributed by atoms with Crippen LogP contribution in [0.15, 0.2) is 59.5 Å². The van der Waals surface area contributed by atoms with Crippen molar-refractivity contribution in [1.29, 1.82) is 0 Å². The molecule has 0 spiro atoms. The van der Waals surface area contributed by atoms with E-state index in [1.165, 1.54) is 0 Å². The topological polar surface area (TPSA) is 99.9 Å². The smallest absolute Gasteiger partial charge is 0.226 e. The second kappa shape index (κ2) is 10.7. The van der Waals surface area contributed by atoms with Crippen molar-refractivity contribution in [2.24, 2.45) is 0 Å². The first-order chi connectivity index (χ1) is 15.5. The Morgan fingerprint density at radius 3 is 2.20 bits per heavy atom. The van der Waals surface area contributed by atoms with Gasteiger partial charge in [0.2, 0.25) is 5.89 Å². The van der Waals surface area contributed by atoms with Crippen LogP contribution in [-0.2, 0) is 17.3 Å². The summed E-state index contributed by atoms with van der Waals surface area (Å²) < 4.78 is 11.8. The van der Waals surface area contributed by atoms with E-state index in [2.05, 4.69) is 46.5 Å². The number of fused-ring (bicyclic) bond motifs is 1. The molecule has 6 nitrogen and oxygen atoms in total. The number of oxazole rings is 1. The van der Waals surface area contributed by atoms with Crippen molar-refractivity contribution in [3.63, 3.8) is 0 Å². The molecule has 0 amide bonds. The molecule has 0 unspecified atom stereocenters. The predicted molar refractivity (Wildman–Crippen MR) is 143 cm³/mol. The third-order valence-corrected chi connectivity index (χ3v) is 5.76. The number of aromatic hydroxyl groups is 1. The summed E-state index contributed by atoms with van der Waals surface area (Å²) in [4.78, 5) is 8.84. The van der Waals surface area contributed by atoms with Gasteiger partial charge in [0.1, 0.15) is 17.8 Å². The van der Waals surface area contributed by atoms with E-state index in [4.69, 9.17) is 14.1 Å². The van der Waals surface area contributed by atoms with Gasteiger partial charge in [0.25, 0.3) is 0 Å². The fourth-order valence-corrected chi connectivity index (χ4v) is 3.88. The fourth-order valence-electron chi connectivity index (χ4n) is 3.88. The molecule has 7 heteroatoms. The Labute approximate surface area is 213 Å². The number of nitrogens with zero attached hydrogens (tertiary/aromatic N) is 2. The molecule has 0 radical (unpaired) electrons. The Morgan fingerprint density at radius 1 is 0.914 bits per heavy atom. The second-order valence-corrected chi connectivity index (χ2v) is 10.5. The molecule has 35 heavy (non-hydrogen) atoms. The van der Waals surface area contributed by atoms with E-state index in [0.29, 0.717) is 24.7 Å². The number of pyridine rings is 1. The molecule has 0 fully saturated rings. The van der Waals surface area contributed by atoms with Crippen LogP contribution in [0.5, 0.6) is 11.5 Å². The summed E-state index contributed by atoms with van der Waals surface area (Å²) in [5.41, 5.74) is 3.06. The van der Waals surface area contributed by atoms with Gasteiger partial charge in [0.15, 0.2) is 0 Å². The lowest BCUT2D eigenvalue weighted by Crippen LogP contribution is -2.17. The predicted octanol–water partition coefficient (Wildman–Crippen LogP) is 6.41. The van der Waals surface area contributed by atoms with Gasteiger partial charge < -0.3 is 19.7 Å². The quantitative estimate of drug-likeness (QED) is 0.342. The highest BCUT2D eigenvalue weighted by Gasteiger charge is 2.27.